The highest BCUT2D eigenvalue weighted by atomic mass is 32.1. The van der Waals surface area contributed by atoms with Crippen LogP contribution in [0.4, 0.5) is 5.00 Å². The van der Waals surface area contributed by atoms with Crippen molar-refractivity contribution in [1.29, 1.82) is 0 Å². The first-order valence-corrected chi connectivity index (χ1v) is 12.9. The molecule has 7 heteroatoms. The van der Waals surface area contributed by atoms with Gasteiger partial charge in [0.25, 0.3) is 0 Å². The smallest absolute Gasteiger partial charge is 0.341 e. The zero-order valence-electron chi connectivity index (χ0n) is 19.9. The summed E-state index contributed by atoms with van der Waals surface area (Å²) in [5.74, 6) is 0.228. The second-order valence-corrected chi connectivity index (χ2v) is 10.3. The van der Waals surface area contributed by atoms with Crippen LogP contribution in [-0.4, -0.2) is 60.5 Å². The fraction of sp³-hybridized carbons (Fsp3) is 0.538. The lowest BCUT2D eigenvalue weighted by atomic mass is 9.88. The molecule has 1 amide bonds. The third kappa shape index (κ3) is 5.65. The van der Waals surface area contributed by atoms with Crippen LogP contribution in [0, 0.1) is 5.92 Å². The highest BCUT2D eigenvalue weighted by molar-refractivity contribution is 7.17. The van der Waals surface area contributed by atoms with Gasteiger partial charge in [0.1, 0.15) is 5.00 Å². The lowest BCUT2D eigenvalue weighted by Crippen LogP contribution is -2.52. The van der Waals surface area contributed by atoms with Crippen molar-refractivity contribution >= 4 is 28.2 Å². The number of esters is 1. The molecule has 1 saturated heterocycles. The molecule has 0 bridgehead atoms. The fourth-order valence-electron chi connectivity index (χ4n) is 4.79. The first-order chi connectivity index (χ1) is 16.0. The first kappa shape index (κ1) is 23.9. The molecule has 2 heterocycles. The quantitative estimate of drug-likeness (QED) is 0.616. The van der Waals surface area contributed by atoms with E-state index >= 15 is 0 Å². The minimum absolute atomic E-state index is 0.0521. The van der Waals surface area contributed by atoms with Gasteiger partial charge < -0.3 is 10.1 Å². The fourth-order valence-corrected chi connectivity index (χ4v) is 6.19. The first-order valence-electron chi connectivity index (χ1n) is 12.1. The molecule has 0 spiro atoms. The molecule has 1 N–H and O–H groups in total. The average Bonchev–Trinajstić information content (AvgIpc) is 3.16. The van der Waals surface area contributed by atoms with E-state index in [1.54, 1.807) is 11.3 Å². The van der Waals surface area contributed by atoms with Crippen molar-refractivity contribution < 1.29 is 14.3 Å². The van der Waals surface area contributed by atoms with Gasteiger partial charge in [-0.3, -0.25) is 14.6 Å². The Kier molecular flexibility index (Phi) is 7.83. The van der Waals surface area contributed by atoms with E-state index < -0.39 is 0 Å². The Balaban J connectivity index is 1.39. The second-order valence-electron chi connectivity index (χ2n) is 9.24. The summed E-state index contributed by atoms with van der Waals surface area (Å²) in [4.78, 5) is 31.8. The Morgan fingerprint density at radius 3 is 2.61 bits per heavy atom. The van der Waals surface area contributed by atoms with Gasteiger partial charge in [-0.1, -0.05) is 37.3 Å². The van der Waals surface area contributed by atoms with Crippen LogP contribution >= 0.6 is 11.3 Å². The minimum atomic E-state index is -0.318. The molecular formula is C26H35N3O3S. The van der Waals surface area contributed by atoms with E-state index in [4.69, 9.17) is 4.74 Å². The van der Waals surface area contributed by atoms with Crippen molar-refractivity contribution in [3.8, 4) is 0 Å². The third-order valence-corrected chi connectivity index (χ3v) is 7.98. The largest absolute Gasteiger partial charge is 0.462 e. The predicted molar refractivity (Wildman–Crippen MR) is 133 cm³/mol. The maximum absolute atomic E-state index is 13.2. The van der Waals surface area contributed by atoms with Crippen LogP contribution in [-0.2, 0) is 28.9 Å². The zero-order valence-corrected chi connectivity index (χ0v) is 20.7. The number of hydrogen-bond acceptors (Lipinski definition) is 6. The van der Waals surface area contributed by atoms with Gasteiger partial charge in [-0.05, 0) is 50.2 Å². The van der Waals surface area contributed by atoms with Crippen LogP contribution in [0.5, 0.6) is 0 Å². The van der Waals surface area contributed by atoms with Gasteiger partial charge in [-0.2, -0.15) is 0 Å². The van der Waals surface area contributed by atoms with Gasteiger partial charge in [-0.15, -0.1) is 11.3 Å². The Hall–Kier alpha value is -2.22. The molecule has 1 aromatic carbocycles. The summed E-state index contributed by atoms with van der Waals surface area (Å²) in [6.07, 6.45) is 2.89. The number of carbonyl (C=O) groups excluding carboxylic acids is 2. The summed E-state index contributed by atoms with van der Waals surface area (Å²) in [5, 5.41) is 3.75. The number of nitrogens with one attached hydrogen (secondary N) is 1. The number of rotatable bonds is 7. The predicted octanol–water partition coefficient (Wildman–Crippen LogP) is 4.19. The summed E-state index contributed by atoms with van der Waals surface area (Å²) < 4.78 is 5.34. The van der Waals surface area contributed by atoms with Crippen LogP contribution in [0.15, 0.2) is 30.3 Å². The molecule has 1 aromatic heterocycles. The maximum Gasteiger partial charge on any atom is 0.341 e. The van der Waals surface area contributed by atoms with Gasteiger partial charge in [0.15, 0.2) is 0 Å². The summed E-state index contributed by atoms with van der Waals surface area (Å²) in [6.45, 7) is 10.9. The number of amides is 1. The van der Waals surface area contributed by atoms with Crippen molar-refractivity contribution in [1.82, 2.24) is 9.80 Å². The second kappa shape index (κ2) is 10.8. The van der Waals surface area contributed by atoms with E-state index in [0.717, 1.165) is 57.5 Å². The number of benzene rings is 1. The number of piperazine rings is 1. The normalized spacial score (nSPS) is 20.2. The van der Waals surface area contributed by atoms with Gasteiger partial charge >= 0.3 is 5.97 Å². The van der Waals surface area contributed by atoms with Crippen LogP contribution in [0.3, 0.4) is 0 Å². The monoisotopic (exact) mass is 469 g/mol. The molecule has 1 aliphatic heterocycles. The highest BCUT2D eigenvalue weighted by Gasteiger charge is 2.31. The van der Waals surface area contributed by atoms with E-state index in [1.807, 2.05) is 19.9 Å². The Labute approximate surface area is 200 Å². The van der Waals surface area contributed by atoms with E-state index in [0.29, 0.717) is 23.1 Å². The Morgan fingerprint density at radius 2 is 1.91 bits per heavy atom. The van der Waals surface area contributed by atoms with Gasteiger partial charge in [0, 0.05) is 37.6 Å². The molecule has 6 nitrogen and oxygen atoms in total. The Bertz CT molecular complexity index is 967. The molecule has 2 aliphatic rings. The van der Waals surface area contributed by atoms with Crippen molar-refractivity contribution in [2.24, 2.45) is 5.92 Å². The number of hydrogen-bond donors (Lipinski definition) is 1. The van der Waals surface area contributed by atoms with Gasteiger partial charge in [0.05, 0.1) is 18.2 Å². The molecular weight excluding hydrogens is 434 g/mol. The standard InChI is InChI=1S/C26H35N3O3S/c1-4-32-26(31)23-21-11-10-18(2)16-22(21)33-25(23)27-24(30)19(3)29-14-12-28(13-15-29)17-20-8-6-5-7-9-20/h5-9,18-19H,4,10-17H2,1-3H3,(H,27,30)/t18-,19+/m0/s1. The van der Waals surface area contributed by atoms with Crippen LogP contribution in [0.25, 0.3) is 0 Å². The van der Waals surface area contributed by atoms with E-state index in [1.165, 1.54) is 10.4 Å². The molecule has 4 rings (SSSR count). The molecule has 0 saturated carbocycles. The molecule has 1 fully saturated rings. The maximum atomic E-state index is 13.2. The molecule has 2 aromatic rings. The third-order valence-electron chi connectivity index (χ3n) is 6.81. The van der Waals surface area contributed by atoms with E-state index in [-0.39, 0.29) is 17.9 Å². The summed E-state index contributed by atoms with van der Waals surface area (Å²) >= 11 is 1.55. The molecule has 2 atom stereocenters. The molecule has 178 valence electrons. The van der Waals surface area contributed by atoms with Gasteiger partial charge in [0.2, 0.25) is 5.91 Å². The average molecular weight is 470 g/mol. The number of anilines is 1. The van der Waals surface area contributed by atoms with Crippen molar-refractivity contribution in [2.45, 2.75) is 52.6 Å². The van der Waals surface area contributed by atoms with Crippen molar-refractivity contribution in [3.05, 3.63) is 51.9 Å². The number of fused-ring (bicyclic) bond motifs is 1. The molecule has 0 radical (unpaired) electrons. The van der Waals surface area contributed by atoms with E-state index in [9.17, 15) is 9.59 Å². The number of carbonyl (C=O) groups is 2. The van der Waals surface area contributed by atoms with Crippen molar-refractivity contribution in [3.63, 3.8) is 0 Å². The number of nitrogens with zero attached hydrogens (tertiary/aromatic N) is 2. The van der Waals surface area contributed by atoms with Crippen LogP contribution in [0.1, 0.15) is 53.6 Å². The van der Waals surface area contributed by atoms with Crippen LogP contribution in [0.2, 0.25) is 0 Å². The summed E-state index contributed by atoms with van der Waals surface area (Å²) in [7, 11) is 0. The van der Waals surface area contributed by atoms with Crippen LogP contribution < -0.4 is 5.32 Å². The highest BCUT2D eigenvalue weighted by Crippen LogP contribution is 2.40. The molecule has 1 aliphatic carbocycles. The van der Waals surface area contributed by atoms with Gasteiger partial charge in [-0.25, -0.2) is 4.79 Å². The van der Waals surface area contributed by atoms with E-state index in [2.05, 4.69) is 46.3 Å². The molecule has 33 heavy (non-hydrogen) atoms. The lowest BCUT2D eigenvalue weighted by molar-refractivity contribution is -0.121. The summed E-state index contributed by atoms with van der Waals surface area (Å²) in [5.41, 5.74) is 2.98. The topological polar surface area (TPSA) is 61.9 Å². The summed E-state index contributed by atoms with van der Waals surface area (Å²) in [6, 6.07) is 10.3. The minimum Gasteiger partial charge on any atom is -0.462 e. The SMILES string of the molecule is CCOC(=O)c1c(NC(=O)[C@@H](C)N2CCN(Cc3ccccc3)CC2)sc2c1CC[C@H](C)C2. The molecule has 0 unspecified atom stereocenters. The van der Waals surface area contributed by atoms with Crippen molar-refractivity contribution in [2.75, 3.05) is 38.1 Å². The number of thiophene rings is 1. The Morgan fingerprint density at radius 1 is 1.18 bits per heavy atom. The zero-order chi connectivity index (χ0) is 23.4. The lowest BCUT2D eigenvalue weighted by Gasteiger charge is -2.37. The number of ether oxygens (including phenoxy) is 1.